The highest BCUT2D eigenvalue weighted by molar-refractivity contribution is 9.10. The van der Waals surface area contributed by atoms with Gasteiger partial charge in [0, 0.05) is 14.9 Å². The molecule has 0 saturated carbocycles. The van der Waals surface area contributed by atoms with Gasteiger partial charge < -0.3 is 4.74 Å². The van der Waals surface area contributed by atoms with Gasteiger partial charge in [-0.2, -0.15) is 0 Å². The molecule has 1 heterocycles. The average molecular weight is 417 g/mol. The minimum absolute atomic E-state index is 0.0606. The largest absolute Gasteiger partial charge is 0.484 e. The predicted molar refractivity (Wildman–Crippen MR) is 105 cm³/mol. The van der Waals surface area contributed by atoms with Crippen molar-refractivity contribution in [1.29, 1.82) is 0 Å². The molecule has 4 nitrogen and oxygen atoms in total. The van der Waals surface area contributed by atoms with Crippen molar-refractivity contribution in [2.24, 2.45) is 0 Å². The van der Waals surface area contributed by atoms with Crippen LogP contribution in [0.4, 0.5) is 5.13 Å². The van der Waals surface area contributed by atoms with Gasteiger partial charge in [-0.15, -0.1) is 11.3 Å². The second kappa shape index (κ2) is 7.80. The molecule has 128 valence electrons. The van der Waals surface area contributed by atoms with Crippen molar-refractivity contribution in [2.75, 3.05) is 11.9 Å². The van der Waals surface area contributed by atoms with E-state index >= 15 is 0 Å². The van der Waals surface area contributed by atoms with Gasteiger partial charge in [0.2, 0.25) is 0 Å². The van der Waals surface area contributed by atoms with Crippen LogP contribution in [0.15, 0.2) is 53.0 Å². The second-order valence-corrected chi connectivity index (χ2v) is 7.70. The molecule has 6 heteroatoms. The number of benzene rings is 2. The van der Waals surface area contributed by atoms with Crippen molar-refractivity contribution >= 4 is 38.3 Å². The Kier molecular flexibility index (Phi) is 5.50. The Labute approximate surface area is 159 Å². The molecule has 0 saturated heterocycles. The van der Waals surface area contributed by atoms with Gasteiger partial charge in [0.1, 0.15) is 5.75 Å². The molecule has 0 spiro atoms. The van der Waals surface area contributed by atoms with E-state index in [4.69, 9.17) is 4.74 Å². The number of hydrogen-bond donors (Lipinski definition) is 1. The molecular weight excluding hydrogens is 400 g/mol. The van der Waals surface area contributed by atoms with E-state index in [-0.39, 0.29) is 12.5 Å². The lowest BCUT2D eigenvalue weighted by molar-refractivity contribution is -0.118. The van der Waals surface area contributed by atoms with Crippen LogP contribution in [0.3, 0.4) is 0 Å². The number of halogens is 1. The van der Waals surface area contributed by atoms with E-state index in [1.807, 2.05) is 37.3 Å². The second-order valence-electron chi connectivity index (χ2n) is 5.58. The van der Waals surface area contributed by atoms with Crippen LogP contribution in [-0.2, 0) is 4.79 Å². The zero-order valence-electron chi connectivity index (χ0n) is 13.9. The van der Waals surface area contributed by atoms with Gasteiger partial charge in [-0.1, -0.05) is 51.8 Å². The molecule has 0 aliphatic carbocycles. The standard InChI is InChI=1S/C19H17BrN2O2S/c1-12-6-8-14(9-7-12)18-13(2)25-19(22-18)21-17(23)11-24-16-5-3-4-15(20)10-16/h3-10H,11H2,1-2H3,(H,21,22,23). The first-order valence-corrected chi connectivity index (χ1v) is 9.35. The average Bonchev–Trinajstić information content (AvgIpc) is 2.94. The van der Waals surface area contributed by atoms with Gasteiger partial charge >= 0.3 is 0 Å². The van der Waals surface area contributed by atoms with Gasteiger partial charge in [0.15, 0.2) is 11.7 Å². The first-order chi connectivity index (χ1) is 12.0. The molecule has 2 aromatic carbocycles. The number of nitrogens with zero attached hydrogens (tertiary/aromatic N) is 1. The fourth-order valence-electron chi connectivity index (χ4n) is 2.29. The summed E-state index contributed by atoms with van der Waals surface area (Å²) in [7, 11) is 0. The summed E-state index contributed by atoms with van der Waals surface area (Å²) in [6.45, 7) is 3.99. The number of carbonyl (C=O) groups is 1. The third kappa shape index (κ3) is 4.67. The van der Waals surface area contributed by atoms with Gasteiger partial charge in [-0.25, -0.2) is 4.98 Å². The Bertz CT molecular complexity index is 891. The predicted octanol–water partition coefficient (Wildman–Crippen LogP) is 5.21. The molecule has 0 atom stereocenters. The first-order valence-electron chi connectivity index (χ1n) is 7.74. The number of anilines is 1. The van der Waals surface area contributed by atoms with Crippen LogP contribution in [0.2, 0.25) is 0 Å². The molecule has 25 heavy (non-hydrogen) atoms. The topological polar surface area (TPSA) is 51.2 Å². The molecule has 1 N–H and O–H groups in total. The Morgan fingerprint density at radius 2 is 1.96 bits per heavy atom. The Morgan fingerprint density at radius 3 is 2.68 bits per heavy atom. The number of nitrogens with one attached hydrogen (secondary N) is 1. The van der Waals surface area contributed by atoms with Crippen LogP contribution >= 0.6 is 27.3 Å². The van der Waals surface area contributed by atoms with Crippen molar-refractivity contribution in [3.05, 3.63) is 63.4 Å². The maximum absolute atomic E-state index is 12.1. The van der Waals surface area contributed by atoms with Crippen LogP contribution in [-0.4, -0.2) is 17.5 Å². The Hall–Kier alpha value is -2.18. The molecular formula is C19H17BrN2O2S. The number of amides is 1. The van der Waals surface area contributed by atoms with Crippen LogP contribution in [0, 0.1) is 13.8 Å². The van der Waals surface area contributed by atoms with Crippen LogP contribution in [0.5, 0.6) is 5.75 Å². The van der Waals surface area contributed by atoms with E-state index in [1.165, 1.54) is 16.9 Å². The fraction of sp³-hybridized carbons (Fsp3) is 0.158. The Morgan fingerprint density at radius 1 is 1.20 bits per heavy atom. The summed E-state index contributed by atoms with van der Waals surface area (Å²) >= 11 is 4.83. The number of hydrogen-bond acceptors (Lipinski definition) is 4. The smallest absolute Gasteiger partial charge is 0.264 e. The van der Waals surface area contributed by atoms with Gasteiger partial charge in [0.25, 0.3) is 5.91 Å². The Balaban J connectivity index is 1.64. The first kappa shape index (κ1) is 17.6. The normalized spacial score (nSPS) is 10.5. The summed E-state index contributed by atoms with van der Waals surface area (Å²) < 4.78 is 6.40. The SMILES string of the molecule is Cc1ccc(-c2nc(NC(=O)COc3cccc(Br)c3)sc2C)cc1. The molecule has 1 aromatic heterocycles. The minimum Gasteiger partial charge on any atom is -0.484 e. The van der Waals surface area contributed by atoms with Crippen molar-refractivity contribution in [3.8, 4) is 17.0 Å². The van der Waals surface area contributed by atoms with Crippen molar-refractivity contribution in [1.82, 2.24) is 4.98 Å². The third-order valence-electron chi connectivity index (χ3n) is 3.53. The summed E-state index contributed by atoms with van der Waals surface area (Å²) in [6.07, 6.45) is 0. The van der Waals surface area contributed by atoms with E-state index in [0.717, 1.165) is 20.6 Å². The lowest BCUT2D eigenvalue weighted by atomic mass is 10.1. The quantitative estimate of drug-likeness (QED) is 0.620. The molecule has 0 fully saturated rings. The van der Waals surface area contributed by atoms with Crippen LogP contribution in [0.25, 0.3) is 11.3 Å². The van der Waals surface area contributed by atoms with Crippen molar-refractivity contribution in [3.63, 3.8) is 0 Å². The summed E-state index contributed by atoms with van der Waals surface area (Å²) in [5.41, 5.74) is 3.15. The lowest BCUT2D eigenvalue weighted by Crippen LogP contribution is -2.20. The van der Waals surface area contributed by atoms with E-state index in [9.17, 15) is 4.79 Å². The molecule has 0 bridgehead atoms. The number of ether oxygens (including phenoxy) is 1. The summed E-state index contributed by atoms with van der Waals surface area (Å²) in [5, 5.41) is 3.38. The van der Waals surface area contributed by atoms with Gasteiger partial charge in [0.05, 0.1) is 5.69 Å². The maximum Gasteiger partial charge on any atom is 0.264 e. The lowest BCUT2D eigenvalue weighted by Gasteiger charge is -2.06. The number of aromatic nitrogens is 1. The zero-order chi connectivity index (χ0) is 17.8. The molecule has 0 aliphatic heterocycles. The molecule has 3 rings (SSSR count). The number of carbonyl (C=O) groups excluding carboxylic acids is 1. The minimum atomic E-state index is -0.232. The fourth-order valence-corrected chi connectivity index (χ4v) is 3.52. The van der Waals surface area contributed by atoms with Gasteiger partial charge in [-0.3, -0.25) is 10.1 Å². The number of aryl methyl sites for hydroxylation is 2. The highest BCUT2D eigenvalue weighted by Crippen LogP contribution is 2.30. The molecule has 0 aliphatic rings. The van der Waals surface area contributed by atoms with E-state index < -0.39 is 0 Å². The van der Waals surface area contributed by atoms with Gasteiger partial charge in [-0.05, 0) is 32.0 Å². The number of rotatable bonds is 5. The summed E-state index contributed by atoms with van der Waals surface area (Å²) in [4.78, 5) is 17.7. The number of thiazole rings is 1. The maximum atomic E-state index is 12.1. The van der Waals surface area contributed by atoms with Crippen LogP contribution < -0.4 is 10.1 Å². The van der Waals surface area contributed by atoms with E-state index in [1.54, 1.807) is 6.07 Å². The van der Waals surface area contributed by atoms with Crippen molar-refractivity contribution < 1.29 is 9.53 Å². The van der Waals surface area contributed by atoms with Crippen LogP contribution in [0.1, 0.15) is 10.4 Å². The molecule has 0 radical (unpaired) electrons. The third-order valence-corrected chi connectivity index (χ3v) is 4.91. The monoisotopic (exact) mass is 416 g/mol. The summed E-state index contributed by atoms with van der Waals surface area (Å²) in [6, 6.07) is 15.6. The molecule has 0 unspecified atom stereocenters. The molecule has 1 amide bonds. The van der Waals surface area contributed by atoms with E-state index in [2.05, 4.69) is 45.3 Å². The highest BCUT2D eigenvalue weighted by Gasteiger charge is 2.12. The zero-order valence-corrected chi connectivity index (χ0v) is 16.3. The molecule has 3 aromatic rings. The highest BCUT2D eigenvalue weighted by atomic mass is 79.9. The summed E-state index contributed by atoms with van der Waals surface area (Å²) in [5.74, 6) is 0.407. The van der Waals surface area contributed by atoms with E-state index in [0.29, 0.717) is 10.9 Å². The van der Waals surface area contributed by atoms with Crippen molar-refractivity contribution in [2.45, 2.75) is 13.8 Å².